The molecule has 3 N–H and O–H groups in total. The van der Waals surface area contributed by atoms with Crippen LogP contribution < -0.4 is 11.1 Å². The predicted molar refractivity (Wildman–Crippen MR) is 41.1 cm³/mol. The minimum atomic E-state index is -0.0799. The van der Waals surface area contributed by atoms with E-state index in [1.165, 1.54) is 0 Å². The summed E-state index contributed by atoms with van der Waals surface area (Å²) in [7, 11) is 0. The van der Waals surface area contributed by atoms with Gasteiger partial charge in [-0.1, -0.05) is 13.8 Å². The highest BCUT2D eigenvalue weighted by Crippen LogP contribution is 1.85. The summed E-state index contributed by atoms with van der Waals surface area (Å²) >= 11 is 0. The van der Waals surface area contributed by atoms with Gasteiger partial charge in [-0.15, -0.1) is 0 Å². The first kappa shape index (κ1) is 8.43. The van der Waals surface area contributed by atoms with E-state index < -0.39 is 0 Å². The first-order chi connectivity index (χ1) is 4.16. The van der Waals surface area contributed by atoms with E-state index in [4.69, 9.17) is 5.73 Å². The molecule has 0 aromatic rings. The van der Waals surface area contributed by atoms with Crippen molar-refractivity contribution in [3.05, 3.63) is 0 Å². The molecular formula is C6H18N2O. The standard InChI is InChI=1S/C6H14N2O.2H2/c1-5(2)4-8-6(9)3-7;;/h5H,3-4,7H2,1-2H3,(H,8,9);2*1H. The summed E-state index contributed by atoms with van der Waals surface area (Å²) in [5, 5.41) is 2.67. The Morgan fingerprint density at radius 1 is 1.78 bits per heavy atom. The number of rotatable bonds is 3. The van der Waals surface area contributed by atoms with Crippen molar-refractivity contribution in [2.24, 2.45) is 11.7 Å². The third-order valence-electron chi connectivity index (χ3n) is 0.893. The fourth-order valence-corrected chi connectivity index (χ4v) is 0.390. The molecule has 0 bridgehead atoms. The summed E-state index contributed by atoms with van der Waals surface area (Å²) in [4.78, 5) is 10.5. The number of carbonyl (C=O) groups is 1. The normalized spacial score (nSPS) is 9.78. The topological polar surface area (TPSA) is 55.1 Å². The minimum Gasteiger partial charge on any atom is -0.355 e. The van der Waals surface area contributed by atoms with Crippen LogP contribution in [0.4, 0.5) is 0 Å². The molecule has 0 spiro atoms. The SMILES string of the molecule is CC(C)CNC(=O)CN.[HH].[HH]. The predicted octanol–water partition coefficient (Wildman–Crippen LogP) is 0.209. The van der Waals surface area contributed by atoms with Crippen LogP contribution in [0.25, 0.3) is 0 Å². The zero-order chi connectivity index (χ0) is 7.28. The van der Waals surface area contributed by atoms with Gasteiger partial charge in [0.25, 0.3) is 0 Å². The summed E-state index contributed by atoms with van der Waals surface area (Å²) in [6, 6.07) is 0. The number of nitrogens with two attached hydrogens (primary N) is 1. The van der Waals surface area contributed by atoms with E-state index in [2.05, 4.69) is 5.32 Å². The molecule has 0 aliphatic heterocycles. The first-order valence-electron chi connectivity index (χ1n) is 3.13. The molecule has 0 atom stereocenters. The smallest absolute Gasteiger partial charge is 0.233 e. The van der Waals surface area contributed by atoms with Gasteiger partial charge in [-0.3, -0.25) is 4.79 Å². The number of amides is 1. The molecule has 0 aromatic carbocycles. The zero-order valence-electron chi connectivity index (χ0n) is 5.98. The molecule has 0 radical (unpaired) electrons. The second-order valence-corrected chi connectivity index (χ2v) is 2.40. The van der Waals surface area contributed by atoms with Crippen molar-refractivity contribution in [3.63, 3.8) is 0 Å². The van der Waals surface area contributed by atoms with Gasteiger partial charge in [-0.25, -0.2) is 0 Å². The quantitative estimate of drug-likeness (QED) is 0.579. The Kier molecular flexibility index (Phi) is 4.05. The average Bonchev–Trinajstić information content (AvgIpc) is 1.83. The maximum Gasteiger partial charge on any atom is 0.233 e. The molecule has 0 heterocycles. The molecule has 0 saturated carbocycles. The van der Waals surface area contributed by atoms with Crippen LogP contribution in [-0.2, 0) is 4.79 Å². The van der Waals surface area contributed by atoms with Gasteiger partial charge in [-0.2, -0.15) is 0 Å². The summed E-state index contributed by atoms with van der Waals surface area (Å²) in [5.41, 5.74) is 5.05. The molecule has 0 rings (SSSR count). The highest BCUT2D eigenvalue weighted by molar-refractivity contribution is 5.77. The van der Waals surface area contributed by atoms with E-state index >= 15 is 0 Å². The molecule has 3 nitrogen and oxygen atoms in total. The van der Waals surface area contributed by atoms with Gasteiger partial charge >= 0.3 is 0 Å². The second-order valence-electron chi connectivity index (χ2n) is 2.40. The Hall–Kier alpha value is -0.570. The molecule has 0 fully saturated rings. The van der Waals surface area contributed by atoms with E-state index in [9.17, 15) is 4.79 Å². The molecular weight excluding hydrogens is 116 g/mol. The molecule has 0 aliphatic rings. The molecule has 0 aromatic heterocycles. The van der Waals surface area contributed by atoms with Gasteiger partial charge in [-0.05, 0) is 5.92 Å². The fraction of sp³-hybridized carbons (Fsp3) is 0.833. The van der Waals surface area contributed by atoms with Crippen molar-refractivity contribution < 1.29 is 7.65 Å². The zero-order valence-corrected chi connectivity index (χ0v) is 5.98. The lowest BCUT2D eigenvalue weighted by atomic mass is 10.2. The largest absolute Gasteiger partial charge is 0.355 e. The average molecular weight is 134 g/mol. The lowest BCUT2D eigenvalue weighted by Crippen LogP contribution is -2.32. The fourth-order valence-electron chi connectivity index (χ4n) is 0.390. The maximum atomic E-state index is 10.5. The van der Waals surface area contributed by atoms with Crippen LogP contribution in [0.15, 0.2) is 0 Å². The van der Waals surface area contributed by atoms with Crippen molar-refractivity contribution in [1.29, 1.82) is 0 Å². The van der Waals surface area contributed by atoms with Crippen LogP contribution >= 0.6 is 0 Å². The van der Waals surface area contributed by atoms with Crippen LogP contribution in [0.1, 0.15) is 16.7 Å². The molecule has 0 aliphatic carbocycles. The molecule has 9 heavy (non-hydrogen) atoms. The minimum absolute atomic E-state index is 0. The van der Waals surface area contributed by atoms with Gasteiger partial charge < -0.3 is 11.1 Å². The Bertz CT molecular complexity index is 98.6. The van der Waals surface area contributed by atoms with E-state index in [1.54, 1.807) is 0 Å². The van der Waals surface area contributed by atoms with Crippen molar-refractivity contribution >= 4 is 5.91 Å². The molecule has 0 unspecified atom stereocenters. The maximum absolute atomic E-state index is 10.5. The summed E-state index contributed by atoms with van der Waals surface area (Å²) in [5.74, 6) is 0.421. The van der Waals surface area contributed by atoms with Crippen LogP contribution in [0, 0.1) is 5.92 Å². The van der Waals surface area contributed by atoms with Gasteiger partial charge in [0.1, 0.15) is 0 Å². The van der Waals surface area contributed by atoms with Crippen LogP contribution in [0.5, 0.6) is 0 Å². The Morgan fingerprint density at radius 2 is 2.33 bits per heavy atom. The third-order valence-corrected chi connectivity index (χ3v) is 0.893. The lowest BCUT2D eigenvalue weighted by molar-refractivity contribution is -0.119. The molecule has 1 amide bonds. The van der Waals surface area contributed by atoms with Gasteiger partial charge in [0.15, 0.2) is 0 Å². The van der Waals surface area contributed by atoms with Gasteiger partial charge in [0, 0.05) is 9.40 Å². The number of nitrogens with one attached hydrogen (secondary N) is 1. The number of hydrogen-bond donors (Lipinski definition) is 2. The molecule has 58 valence electrons. The highest BCUT2D eigenvalue weighted by Gasteiger charge is 1.96. The summed E-state index contributed by atoms with van der Waals surface area (Å²) < 4.78 is 0. The lowest BCUT2D eigenvalue weighted by Gasteiger charge is -2.04. The Labute approximate surface area is 58.6 Å². The van der Waals surface area contributed by atoms with E-state index in [-0.39, 0.29) is 15.3 Å². The third kappa shape index (κ3) is 5.30. The Balaban J connectivity index is -0.000000320. The van der Waals surface area contributed by atoms with E-state index in [0.29, 0.717) is 5.92 Å². The van der Waals surface area contributed by atoms with E-state index in [1.807, 2.05) is 13.8 Å². The highest BCUT2D eigenvalue weighted by atomic mass is 16.1. The summed E-state index contributed by atoms with van der Waals surface area (Å²) in [6.07, 6.45) is 0. The monoisotopic (exact) mass is 134 g/mol. The van der Waals surface area contributed by atoms with Gasteiger partial charge in [0.2, 0.25) is 5.91 Å². The number of carbonyl (C=O) groups excluding carboxylic acids is 1. The van der Waals surface area contributed by atoms with Crippen LogP contribution in [0.3, 0.4) is 0 Å². The molecule has 0 saturated heterocycles. The van der Waals surface area contributed by atoms with Gasteiger partial charge in [0.05, 0.1) is 6.54 Å². The van der Waals surface area contributed by atoms with Crippen molar-refractivity contribution in [3.8, 4) is 0 Å². The molecule has 3 heteroatoms. The number of hydrogen-bond acceptors (Lipinski definition) is 2. The Morgan fingerprint density at radius 3 is 2.67 bits per heavy atom. The first-order valence-corrected chi connectivity index (χ1v) is 3.13. The van der Waals surface area contributed by atoms with Crippen molar-refractivity contribution in [1.82, 2.24) is 5.32 Å². The van der Waals surface area contributed by atoms with Crippen LogP contribution in [0.2, 0.25) is 0 Å². The summed E-state index contributed by atoms with van der Waals surface area (Å²) in [6.45, 7) is 4.89. The van der Waals surface area contributed by atoms with Crippen molar-refractivity contribution in [2.75, 3.05) is 13.1 Å². The van der Waals surface area contributed by atoms with Crippen molar-refractivity contribution in [2.45, 2.75) is 13.8 Å². The van der Waals surface area contributed by atoms with E-state index in [0.717, 1.165) is 6.54 Å². The second kappa shape index (κ2) is 4.32. The van der Waals surface area contributed by atoms with Crippen LogP contribution in [-0.4, -0.2) is 19.0 Å².